The van der Waals surface area contributed by atoms with E-state index in [1.54, 1.807) is 0 Å². The molecule has 1 aliphatic heterocycles. The van der Waals surface area contributed by atoms with E-state index in [1.165, 1.54) is 12.3 Å². The minimum absolute atomic E-state index is 0.0291. The summed E-state index contributed by atoms with van der Waals surface area (Å²) in [6.45, 7) is 5.40. The highest BCUT2D eigenvalue weighted by atomic mass is 31.2. The van der Waals surface area contributed by atoms with Crippen LogP contribution < -0.4 is 5.73 Å². The van der Waals surface area contributed by atoms with Crippen LogP contribution in [0, 0.1) is 5.92 Å². The largest absolute Gasteiger partial charge is 0.472 e. The van der Waals surface area contributed by atoms with E-state index in [0.29, 0.717) is 6.42 Å². The third kappa shape index (κ3) is 5.01. The fraction of sp³-hybridized carbons (Fsp3) is 0.667. The zero-order chi connectivity index (χ0) is 16.1. The van der Waals surface area contributed by atoms with Crippen molar-refractivity contribution in [3.63, 3.8) is 0 Å². The molecule has 1 saturated heterocycles. The molecular weight excluding hydrogens is 299 g/mol. The molecular formula is C12H21N2O6P. The van der Waals surface area contributed by atoms with Gasteiger partial charge >= 0.3 is 7.82 Å². The number of phosphoric ester groups is 1. The summed E-state index contributed by atoms with van der Waals surface area (Å²) in [4.78, 5) is 24.0. The minimum atomic E-state index is -4.09. The van der Waals surface area contributed by atoms with Crippen LogP contribution in [0.4, 0.5) is 0 Å². The molecule has 1 heterocycles. The summed E-state index contributed by atoms with van der Waals surface area (Å²) in [5, 5.41) is 0. The van der Waals surface area contributed by atoms with Gasteiger partial charge in [0.25, 0.3) is 0 Å². The van der Waals surface area contributed by atoms with Gasteiger partial charge in [-0.05, 0) is 12.3 Å². The topological polar surface area (TPSA) is 120 Å². The first-order valence-electron chi connectivity index (χ1n) is 6.39. The van der Waals surface area contributed by atoms with Gasteiger partial charge in [-0.15, -0.1) is 6.58 Å². The highest BCUT2D eigenvalue weighted by Crippen LogP contribution is 2.46. The molecule has 1 rings (SSSR count). The fourth-order valence-electron chi connectivity index (χ4n) is 1.99. The second-order valence-corrected chi connectivity index (χ2v) is 6.36. The van der Waals surface area contributed by atoms with Crippen molar-refractivity contribution >= 4 is 19.9 Å². The Morgan fingerprint density at radius 2 is 2.38 bits per heavy atom. The standard InChI is InChI=1S/C12H21N2O6P/c1-4-12(8-19-21(16,17)18-3)9(2)7-11(20-12)14-6-5-10(13)15/h4,6,9,11H,1,5,7-8H2,2-3H3,(H2,13,15)(H,16,17). The molecule has 4 atom stereocenters. The number of amides is 1. The molecule has 4 unspecified atom stereocenters. The third-order valence-corrected chi connectivity index (χ3v) is 4.26. The summed E-state index contributed by atoms with van der Waals surface area (Å²) in [5.41, 5.74) is 4.08. The summed E-state index contributed by atoms with van der Waals surface area (Å²) < 4.78 is 26.4. The van der Waals surface area contributed by atoms with E-state index in [0.717, 1.165) is 7.11 Å². The monoisotopic (exact) mass is 320 g/mol. The number of nitrogens with two attached hydrogens (primary N) is 1. The van der Waals surface area contributed by atoms with Gasteiger partial charge < -0.3 is 15.4 Å². The van der Waals surface area contributed by atoms with Gasteiger partial charge in [-0.3, -0.25) is 18.8 Å². The molecule has 1 aliphatic rings. The molecule has 0 saturated carbocycles. The predicted molar refractivity (Wildman–Crippen MR) is 76.7 cm³/mol. The summed E-state index contributed by atoms with van der Waals surface area (Å²) in [6.07, 6.45) is 3.03. The number of primary amides is 1. The summed E-state index contributed by atoms with van der Waals surface area (Å²) in [6, 6.07) is 0. The molecule has 0 aromatic heterocycles. The van der Waals surface area contributed by atoms with Crippen molar-refractivity contribution in [3.05, 3.63) is 12.7 Å². The van der Waals surface area contributed by atoms with Crippen LogP contribution in [0.5, 0.6) is 0 Å². The minimum Gasteiger partial charge on any atom is -0.369 e. The first-order chi connectivity index (χ1) is 9.74. The van der Waals surface area contributed by atoms with Crippen molar-refractivity contribution in [2.45, 2.75) is 31.6 Å². The van der Waals surface area contributed by atoms with E-state index in [2.05, 4.69) is 16.1 Å². The first kappa shape index (κ1) is 18.0. The van der Waals surface area contributed by atoms with E-state index < -0.39 is 25.6 Å². The van der Waals surface area contributed by atoms with E-state index >= 15 is 0 Å². The van der Waals surface area contributed by atoms with Crippen molar-refractivity contribution in [1.82, 2.24) is 0 Å². The molecule has 9 heteroatoms. The number of hydrogen-bond acceptors (Lipinski definition) is 6. The average molecular weight is 320 g/mol. The Bertz CT molecular complexity index is 469. The second kappa shape index (κ2) is 7.29. The smallest absolute Gasteiger partial charge is 0.369 e. The van der Waals surface area contributed by atoms with E-state index in [-0.39, 0.29) is 18.9 Å². The number of ether oxygens (including phenoxy) is 1. The number of carbonyl (C=O) groups excluding carboxylic acids is 1. The highest BCUT2D eigenvalue weighted by Gasteiger charge is 2.45. The number of carbonyl (C=O) groups is 1. The molecule has 0 aliphatic carbocycles. The number of nitrogens with zero attached hydrogens (tertiary/aromatic N) is 1. The van der Waals surface area contributed by atoms with Crippen molar-refractivity contribution in [3.8, 4) is 0 Å². The summed E-state index contributed by atoms with van der Waals surface area (Å²) >= 11 is 0. The molecule has 120 valence electrons. The Hall–Kier alpha value is -1.05. The van der Waals surface area contributed by atoms with Crippen LogP contribution in [0.2, 0.25) is 0 Å². The van der Waals surface area contributed by atoms with Crippen LogP contribution in [0.25, 0.3) is 0 Å². The molecule has 1 amide bonds. The van der Waals surface area contributed by atoms with Crippen LogP contribution in [-0.4, -0.2) is 42.6 Å². The van der Waals surface area contributed by atoms with Crippen LogP contribution in [0.1, 0.15) is 19.8 Å². The molecule has 21 heavy (non-hydrogen) atoms. The highest BCUT2D eigenvalue weighted by molar-refractivity contribution is 7.47. The van der Waals surface area contributed by atoms with Crippen LogP contribution in [-0.2, 0) is 23.1 Å². The van der Waals surface area contributed by atoms with Gasteiger partial charge in [0.1, 0.15) is 11.8 Å². The van der Waals surface area contributed by atoms with Gasteiger partial charge in [-0.2, -0.15) is 0 Å². The normalized spacial score (nSPS) is 32.1. The maximum absolute atomic E-state index is 11.4. The lowest BCUT2D eigenvalue weighted by Crippen LogP contribution is -2.37. The summed E-state index contributed by atoms with van der Waals surface area (Å²) in [7, 11) is -3.01. The molecule has 0 radical (unpaired) electrons. The Kier molecular flexibility index (Phi) is 6.24. The van der Waals surface area contributed by atoms with Gasteiger partial charge in [0, 0.05) is 13.3 Å². The van der Waals surface area contributed by atoms with Crippen LogP contribution in [0.3, 0.4) is 0 Å². The first-order valence-corrected chi connectivity index (χ1v) is 7.88. The molecule has 3 N–H and O–H groups in total. The Labute approximate surface area is 123 Å². The zero-order valence-electron chi connectivity index (χ0n) is 12.1. The van der Waals surface area contributed by atoms with Crippen LogP contribution in [0.15, 0.2) is 17.6 Å². The lowest BCUT2D eigenvalue weighted by Gasteiger charge is -2.29. The van der Waals surface area contributed by atoms with Crippen molar-refractivity contribution in [2.24, 2.45) is 16.6 Å². The quantitative estimate of drug-likeness (QED) is 0.391. The molecule has 0 spiro atoms. The van der Waals surface area contributed by atoms with E-state index in [9.17, 15) is 14.3 Å². The van der Waals surface area contributed by atoms with Gasteiger partial charge in [0.15, 0.2) is 0 Å². The zero-order valence-corrected chi connectivity index (χ0v) is 13.0. The van der Waals surface area contributed by atoms with Gasteiger partial charge in [0.05, 0.1) is 13.0 Å². The van der Waals surface area contributed by atoms with Gasteiger partial charge in [0.2, 0.25) is 5.91 Å². The molecule has 1 fully saturated rings. The third-order valence-electron chi connectivity index (χ3n) is 3.34. The van der Waals surface area contributed by atoms with Crippen molar-refractivity contribution < 1.29 is 28.0 Å². The Morgan fingerprint density at radius 3 is 2.90 bits per heavy atom. The average Bonchev–Trinajstić information content (AvgIpc) is 2.73. The van der Waals surface area contributed by atoms with Crippen molar-refractivity contribution in [1.29, 1.82) is 0 Å². The molecule has 0 aromatic carbocycles. The maximum atomic E-state index is 11.4. The molecule has 8 nitrogen and oxygen atoms in total. The van der Waals surface area contributed by atoms with Gasteiger partial charge in [-0.25, -0.2) is 4.57 Å². The SMILES string of the molecule is C=CC1(COP(=O)(O)OC)OC(N=CCC(N)=O)CC1C. The van der Waals surface area contributed by atoms with E-state index in [4.69, 9.17) is 15.0 Å². The Morgan fingerprint density at radius 1 is 1.71 bits per heavy atom. The summed E-state index contributed by atoms with van der Waals surface area (Å²) in [5.74, 6) is -0.521. The number of phosphoric acid groups is 1. The Balaban J connectivity index is 2.70. The maximum Gasteiger partial charge on any atom is 0.472 e. The molecule has 0 bridgehead atoms. The number of hydrogen-bond donors (Lipinski definition) is 2. The lowest BCUT2D eigenvalue weighted by atomic mass is 9.90. The van der Waals surface area contributed by atoms with E-state index in [1.807, 2.05) is 6.92 Å². The number of rotatable bonds is 8. The van der Waals surface area contributed by atoms with Crippen molar-refractivity contribution in [2.75, 3.05) is 13.7 Å². The van der Waals surface area contributed by atoms with Crippen LogP contribution >= 0.6 is 7.82 Å². The lowest BCUT2D eigenvalue weighted by molar-refractivity contribution is -0.116. The van der Waals surface area contributed by atoms with Gasteiger partial charge in [-0.1, -0.05) is 13.0 Å². The predicted octanol–water partition coefficient (Wildman–Crippen LogP) is 1.00. The fourth-order valence-corrected chi connectivity index (χ4v) is 2.46. The second-order valence-electron chi connectivity index (χ2n) is 4.79. The molecule has 0 aromatic rings. The number of aliphatic imine (C=N–C) groups is 1.